The van der Waals surface area contributed by atoms with E-state index in [-0.39, 0.29) is 17.8 Å². The van der Waals surface area contributed by atoms with Gasteiger partial charge in [-0.15, -0.1) is 10.2 Å². The molecular formula is C16H22N4O2S. The molecule has 1 atom stereocenters. The number of hydrogen-bond donors (Lipinski definition) is 1. The molecular weight excluding hydrogens is 312 g/mol. The molecule has 2 rings (SSSR count). The zero-order valence-corrected chi connectivity index (χ0v) is 14.6. The molecule has 124 valence electrons. The van der Waals surface area contributed by atoms with Crippen LogP contribution in [0.25, 0.3) is 0 Å². The molecule has 23 heavy (non-hydrogen) atoms. The topological polar surface area (TPSA) is 83.0 Å². The summed E-state index contributed by atoms with van der Waals surface area (Å²) in [6.45, 7) is 6.23. The van der Waals surface area contributed by atoms with Gasteiger partial charge >= 0.3 is 0 Å². The van der Waals surface area contributed by atoms with Gasteiger partial charge in [0.2, 0.25) is 5.91 Å². The molecule has 0 aliphatic heterocycles. The fourth-order valence-electron chi connectivity index (χ4n) is 2.13. The van der Waals surface area contributed by atoms with Crippen molar-refractivity contribution in [2.45, 2.75) is 37.9 Å². The van der Waals surface area contributed by atoms with E-state index in [0.29, 0.717) is 16.9 Å². The second-order valence-corrected chi connectivity index (χ2v) is 6.58. The van der Waals surface area contributed by atoms with E-state index in [2.05, 4.69) is 36.2 Å². The third kappa shape index (κ3) is 4.48. The molecule has 0 radical (unpaired) electrons. The summed E-state index contributed by atoms with van der Waals surface area (Å²) in [4.78, 5) is 10.9. The van der Waals surface area contributed by atoms with E-state index in [4.69, 9.17) is 10.5 Å². The first-order valence-electron chi connectivity index (χ1n) is 7.45. The lowest BCUT2D eigenvalue weighted by atomic mass is 10.0. The second kappa shape index (κ2) is 7.50. The molecule has 0 aliphatic carbocycles. The van der Waals surface area contributed by atoms with Crippen LogP contribution in [0.4, 0.5) is 0 Å². The van der Waals surface area contributed by atoms with Crippen LogP contribution in [0.5, 0.6) is 5.75 Å². The van der Waals surface area contributed by atoms with Crippen molar-refractivity contribution in [1.82, 2.24) is 14.8 Å². The number of carbonyl (C=O) groups is 1. The van der Waals surface area contributed by atoms with Gasteiger partial charge in [-0.3, -0.25) is 4.79 Å². The molecule has 0 unspecified atom stereocenters. The van der Waals surface area contributed by atoms with Crippen molar-refractivity contribution in [3.8, 4) is 5.75 Å². The molecule has 2 N–H and O–H groups in total. The number of benzene rings is 1. The molecule has 2 aromatic rings. The molecule has 1 aromatic heterocycles. The van der Waals surface area contributed by atoms with Gasteiger partial charge in [0.1, 0.15) is 5.75 Å². The van der Waals surface area contributed by atoms with Gasteiger partial charge in [0.15, 0.2) is 17.1 Å². The van der Waals surface area contributed by atoms with Crippen molar-refractivity contribution >= 4 is 17.7 Å². The highest BCUT2D eigenvalue weighted by atomic mass is 32.2. The molecule has 1 amide bonds. The highest BCUT2D eigenvalue weighted by Gasteiger charge is 2.17. The lowest BCUT2D eigenvalue weighted by molar-refractivity contribution is -0.115. The lowest BCUT2D eigenvalue weighted by Crippen LogP contribution is -2.14. The minimum Gasteiger partial charge on any atom is -0.483 e. The van der Waals surface area contributed by atoms with Gasteiger partial charge in [-0.05, 0) is 30.5 Å². The number of hydrogen-bond acceptors (Lipinski definition) is 5. The Hall–Kier alpha value is -2.02. The minimum atomic E-state index is -0.380. The number of amides is 1. The molecule has 1 aromatic carbocycles. The molecule has 1 heterocycles. The molecule has 0 saturated carbocycles. The predicted octanol–water partition coefficient (Wildman–Crippen LogP) is 2.66. The monoisotopic (exact) mass is 334 g/mol. The van der Waals surface area contributed by atoms with Crippen LogP contribution in [0.3, 0.4) is 0 Å². The smallest absolute Gasteiger partial charge is 0.227 e. The van der Waals surface area contributed by atoms with Crippen LogP contribution >= 0.6 is 11.8 Å². The number of ether oxygens (including phenoxy) is 1. The van der Waals surface area contributed by atoms with Crippen LogP contribution in [-0.4, -0.2) is 26.4 Å². The Morgan fingerprint density at radius 1 is 1.26 bits per heavy atom. The van der Waals surface area contributed by atoms with Gasteiger partial charge in [0.05, 0.1) is 5.75 Å². The van der Waals surface area contributed by atoms with Gasteiger partial charge in [-0.2, -0.15) is 0 Å². The third-order valence-electron chi connectivity index (χ3n) is 3.44. The third-order valence-corrected chi connectivity index (χ3v) is 4.48. The minimum absolute atomic E-state index is 0.178. The predicted molar refractivity (Wildman–Crippen MR) is 90.5 cm³/mol. The van der Waals surface area contributed by atoms with Crippen LogP contribution in [0.1, 0.15) is 44.2 Å². The highest BCUT2D eigenvalue weighted by molar-refractivity contribution is 7.99. The molecule has 7 heteroatoms. The quantitative estimate of drug-likeness (QED) is 0.787. The summed E-state index contributed by atoms with van der Waals surface area (Å²) in [5.41, 5.74) is 6.42. The van der Waals surface area contributed by atoms with Crippen molar-refractivity contribution in [1.29, 1.82) is 0 Å². The van der Waals surface area contributed by atoms with Crippen LogP contribution in [0.15, 0.2) is 29.4 Å². The van der Waals surface area contributed by atoms with Crippen LogP contribution < -0.4 is 10.5 Å². The maximum atomic E-state index is 10.9. The number of nitrogens with zero attached hydrogens (tertiary/aromatic N) is 3. The summed E-state index contributed by atoms with van der Waals surface area (Å²) in [6.07, 6.45) is -0.250. The Morgan fingerprint density at radius 3 is 2.48 bits per heavy atom. The summed E-state index contributed by atoms with van der Waals surface area (Å²) < 4.78 is 7.75. The summed E-state index contributed by atoms with van der Waals surface area (Å²) in [5.74, 6) is 1.78. The standard InChI is InChI=1S/C16H22N4O2S/c1-10(2)12-5-7-13(8-6-12)22-11(3)15-18-19-16(20(15)4)23-9-14(17)21/h5-8,10-11H,9H2,1-4H3,(H2,17,21)/t11-/m0/s1. The Bertz CT molecular complexity index is 667. The van der Waals surface area contributed by atoms with E-state index in [1.54, 1.807) is 0 Å². The molecule has 0 aliphatic rings. The van der Waals surface area contributed by atoms with E-state index in [9.17, 15) is 4.79 Å². The van der Waals surface area contributed by atoms with Crippen LogP contribution in [0.2, 0.25) is 0 Å². The number of thioether (sulfide) groups is 1. The molecule has 0 bridgehead atoms. The largest absolute Gasteiger partial charge is 0.483 e. The van der Waals surface area contributed by atoms with Crippen molar-refractivity contribution < 1.29 is 9.53 Å². The van der Waals surface area contributed by atoms with Crippen molar-refractivity contribution in [3.05, 3.63) is 35.7 Å². The first-order valence-corrected chi connectivity index (χ1v) is 8.44. The Kier molecular flexibility index (Phi) is 5.65. The van der Waals surface area contributed by atoms with E-state index in [1.807, 2.05) is 30.7 Å². The van der Waals surface area contributed by atoms with Crippen LogP contribution in [-0.2, 0) is 11.8 Å². The normalized spacial score (nSPS) is 12.4. The Morgan fingerprint density at radius 2 is 1.91 bits per heavy atom. The SMILES string of the molecule is CC(C)c1ccc(O[C@@H](C)c2nnc(SCC(N)=O)n2C)cc1. The number of nitrogens with two attached hydrogens (primary N) is 1. The molecule has 0 spiro atoms. The maximum absolute atomic E-state index is 10.9. The van der Waals surface area contributed by atoms with Crippen molar-refractivity contribution in [2.75, 3.05) is 5.75 Å². The van der Waals surface area contributed by atoms with Crippen molar-refractivity contribution in [2.24, 2.45) is 12.8 Å². The van der Waals surface area contributed by atoms with Gasteiger partial charge in [-0.1, -0.05) is 37.7 Å². The number of carbonyl (C=O) groups excluding carboxylic acids is 1. The second-order valence-electron chi connectivity index (χ2n) is 5.64. The zero-order valence-electron chi connectivity index (χ0n) is 13.8. The van der Waals surface area contributed by atoms with E-state index in [1.165, 1.54) is 17.3 Å². The van der Waals surface area contributed by atoms with Gasteiger partial charge < -0.3 is 15.0 Å². The Labute approximate surface area is 140 Å². The van der Waals surface area contributed by atoms with Gasteiger partial charge in [0.25, 0.3) is 0 Å². The maximum Gasteiger partial charge on any atom is 0.227 e. The summed E-state index contributed by atoms with van der Waals surface area (Å²) in [5, 5.41) is 8.87. The zero-order chi connectivity index (χ0) is 17.0. The summed E-state index contributed by atoms with van der Waals surface area (Å²) >= 11 is 1.26. The fraction of sp³-hybridized carbons (Fsp3) is 0.438. The number of rotatable bonds is 7. The average Bonchev–Trinajstić information content (AvgIpc) is 2.86. The van der Waals surface area contributed by atoms with Crippen molar-refractivity contribution in [3.63, 3.8) is 0 Å². The van der Waals surface area contributed by atoms with Crippen LogP contribution in [0, 0.1) is 0 Å². The van der Waals surface area contributed by atoms with Gasteiger partial charge in [0, 0.05) is 7.05 Å². The summed E-state index contributed by atoms with van der Waals surface area (Å²) in [7, 11) is 1.85. The first kappa shape index (κ1) is 17.3. The fourth-order valence-corrected chi connectivity index (χ4v) is 2.79. The number of primary amides is 1. The van der Waals surface area contributed by atoms with E-state index >= 15 is 0 Å². The van der Waals surface area contributed by atoms with E-state index < -0.39 is 0 Å². The molecule has 0 saturated heterocycles. The lowest BCUT2D eigenvalue weighted by Gasteiger charge is -2.15. The molecule has 6 nitrogen and oxygen atoms in total. The average molecular weight is 334 g/mol. The number of aromatic nitrogens is 3. The molecule has 0 fully saturated rings. The van der Waals surface area contributed by atoms with Gasteiger partial charge in [-0.25, -0.2) is 0 Å². The Balaban J connectivity index is 2.05. The van der Waals surface area contributed by atoms with E-state index in [0.717, 1.165) is 5.75 Å². The first-order chi connectivity index (χ1) is 10.9. The highest BCUT2D eigenvalue weighted by Crippen LogP contribution is 2.25. The summed E-state index contributed by atoms with van der Waals surface area (Å²) in [6, 6.07) is 8.06.